The summed E-state index contributed by atoms with van der Waals surface area (Å²) in [6.07, 6.45) is -0.310. The van der Waals surface area contributed by atoms with Crippen LogP contribution in [-0.4, -0.2) is 42.1 Å². The van der Waals surface area contributed by atoms with Gasteiger partial charge in [-0.2, -0.15) is 0 Å². The van der Waals surface area contributed by atoms with E-state index < -0.39 is 5.60 Å². The van der Waals surface area contributed by atoms with Crippen molar-refractivity contribution in [2.24, 2.45) is 11.8 Å². The molecule has 0 aromatic carbocycles. The lowest BCUT2D eigenvalue weighted by molar-refractivity contribution is -0.122. The molecule has 2 atom stereocenters. The van der Waals surface area contributed by atoms with Crippen LogP contribution in [0.15, 0.2) is 0 Å². The number of nitrogens with zero attached hydrogens (tertiary/aromatic N) is 1. The van der Waals surface area contributed by atoms with Gasteiger partial charge < -0.3 is 15.0 Å². The second-order valence-electron chi connectivity index (χ2n) is 5.50. The SMILES string of the molecule is CC(C)(C)OC(=O)N1C[C@@H]2CNC(=O)[C@@H]2C1. The van der Waals surface area contributed by atoms with E-state index in [-0.39, 0.29) is 23.8 Å². The molecule has 0 unspecified atom stereocenters. The van der Waals surface area contributed by atoms with Crippen molar-refractivity contribution in [2.45, 2.75) is 26.4 Å². The molecule has 0 aliphatic carbocycles. The lowest BCUT2D eigenvalue weighted by atomic mass is 10.0. The molecule has 2 amide bonds. The number of hydrogen-bond donors (Lipinski definition) is 1. The molecule has 2 aliphatic rings. The summed E-state index contributed by atoms with van der Waals surface area (Å²) in [7, 11) is 0. The first-order valence-electron chi connectivity index (χ1n) is 5.62. The minimum absolute atomic E-state index is 0.0347. The Hall–Kier alpha value is -1.26. The van der Waals surface area contributed by atoms with E-state index in [1.165, 1.54) is 0 Å². The first-order valence-corrected chi connectivity index (χ1v) is 5.62. The van der Waals surface area contributed by atoms with Gasteiger partial charge in [-0.05, 0) is 20.8 Å². The molecule has 16 heavy (non-hydrogen) atoms. The van der Waals surface area contributed by atoms with Crippen molar-refractivity contribution in [2.75, 3.05) is 19.6 Å². The molecule has 0 aromatic heterocycles. The van der Waals surface area contributed by atoms with Gasteiger partial charge in [-0.1, -0.05) is 0 Å². The molecule has 1 N–H and O–H groups in total. The summed E-state index contributed by atoms with van der Waals surface area (Å²) in [6.45, 7) is 7.32. The molecule has 0 aromatic rings. The van der Waals surface area contributed by atoms with E-state index >= 15 is 0 Å². The van der Waals surface area contributed by atoms with Crippen molar-refractivity contribution in [1.82, 2.24) is 10.2 Å². The quantitative estimate of drug-likeness (QED) is 0.658. The van der Waals surface area contributed by atoms with Crippen LogP contribution in [0, 0.1) is 11.8 Å². The maximum atomic E-state index is 11.8. The predicted molar refractivity (Wildman–Crippen MR) is 57.8 cm³/mol. The average molecular weight is 226 g/mol. The van der Waals surface area contributed by atoms with Crippen LogP contribution in [0.1, 0.15) is 20.8 Å². The Morgan fingerprint density at radius 3 is 2.69 bits per heavy atom. The molecule has 2 saturated heterocycles. The van der Waals surface area contributed by atoms with Crippen molar-refractivity contribution in [3.63, 3.8) is 0 Å². The Morgan fingerprint density at radius 1 is 1.44 bits per heavy atom. The maximum Gasteiger partial charge on any atom is 0.410 e. The Kier molecular flexibility index (Phi) is 2.56. The molecule has 5 heteroatoms. The van der Waals surface area contributed by atoms with Crippen LogP contribution in [-0.2, 0) is 9.53 Å². The van der Waals surface area contributed by atoms with Crippen LogP contribution < -0.4 is 5.32 Å². The highest BCUT2D eigenvalue weighted by molar-refractivity contribution is 5.83. The van der Waals surface area contributed by atoms with Crippen molar-refractivity contribution in [3.05, 3.63) is 0 Å². The first-order chi connectivity index (χ1) is 7.37. The Balaban J connectivity index is 1.94. The number of amides is 2. The van der Waals surface area contributed by atoms with Gasteiger partial charge >= 0.3 is 6.09 Å². The molecule has 90 valence electrons. The number of carbonyl (C=O) groups excluding carboxylic acids is 2. The van der Waals surface area contributed by atoms with Gasteiger partial charge in [-0.15, -0.1) is 0 Å². The molecule has 0 bridgehead atoms. The van der Waals surface area contributed by atoms with Gasteiger partial charge in [0.15, 0.2) is 0 Å². The molecular formula is C11H18N2O3. The van der Waals surface area contributed by atoms with E-state index in [0.29, 0.717) is 19.6 Å². The van der Waals surface area contributed by atoms with Crippen LogP contribution in [0.3, 0.4) is 0 Å². The van der Waals surface area contributed by atoms with E-state index in [1.807, 2.05) is 20.8 Å². The fraction of sp³-hybridized carbons (Fsp3) is 0.818. The molecule has 5 nitrogen and oxygen atoms in total. The van der Waals surface area contributed by atoms with Crippen molar-refractivity contribution < 1.29 is 14.3 Å². The highest BCUT2D eigenvalue weighted by Crippen LogP contribution is 2.28. The summed E-state index contributed by atoms with van der Waals surface area (Å²) in [4.78, 5) is 24.8. The Morgan fingerprint density at radius 2 is 2.12 bits per heavy atom. The zero-order chi connectivity index (χ0) is 11.9. The third-order valence-electron chi connectivity index (χ3n) is 2.97. The number of carbonyl (C=O) groups is 2. The predicted octanol–water partition coefficient (Wildman–Crippen LogP) is 0.599. The van der Waals surface area contributed by atoms with Crippen LogP contribution in [0.25, 0.3) is 0 Å². The fourth-order valence-corrected chi connectivity index (χ4v) is 2.21. The van der Waals surface area contributed by atoms with Crippen LogP contribution in [0.4, 0.5) is 4.79 Å². The van der Waals surface area contributed by atoms with Gasteiger partial charge in [0.25, 0.3) is 0 Å². The first kappa shape index (κ1) is 11.2. The largest absolute Gasteiger partial charge is 0.444 e. The standard InChI is InChI=1S/C11H18N2O3/c1-11(2,3)16-10(15)13-5-7-4-12-9(14)8(7)6-13/h7-8H,4-6H2,1-3H3,(H,12,14)/t7-,8+/m0/s1. The summed E-state index contributed by atoms with van der Waals surface area (Å²) >= 11 is 0. The van der Waals surface area contributed by atoms with Crippen LogP contribution >= 0.6 is 0 Å². The monoisotopic (exact) mass is 226 g/mol. The van der Waals surface area contributed by atoms with Gasteiger partial charge in [-0.25, -0.2) is 4.79 Å². The number of fused-ring (bicyclic) bond motifs is 1. The highest BCUT2D eigenvalue weighted by Gasteiger charge is 2.44. The zero-order valence-electron chi connectivity index (χ0n) is 9.95. The number of ether oxygens (including phenoxy) is 1. The van der Waals surface area contributed by atoms with Crippen LogP contribution in [0.5, 0.6) is 0 Å². The molecule has 2 rings (SSSR count). The van der Waals surface area contributed by atoms with E-state index in [1.54, 1.807) is 4.90 Å². The third-order valence-corrected chi connectivity index (χ3v) is 2.97. The number of likely N-dealkylation sites (tertiary alicyclic amines) is 1. The second-order valence-corrected chi connectivity index (χ2v) is 5.50. The molecule has 0 saturated carbocycles. The number of hydrogen-bond acceptors (Lipinski definition) is 3. The van der Waals surface area contributed by atoms with E-state index in [0.717, 1.165) is 0 Å². The number of rotatable bonds is 0. The van der Waals surface area contributed by atoms with Crippen molar-refractivity contribution in [3.8, 4) is 0 Å². The Bertz CT molecular complexity index is 322. The lowest BCUT2D eigenvalue weighted by Crippen LogP contribution is -2.37. The normalized spacial score (nSPS) is 28.9. The number of nitrogens with one attached hydrogen (secondary N) is 1. The molecule has 2 heterocycles. The van der Waals surface area contributed by atoms with E-state index in [9.17, 15) is 9.59 Å². The molecule has 2 aliphatic heterocycles. The molecule has 0 spiro atoms. The minimum Gasteiger partial charge on any atom is -0.444 e. The van der Waals surface area contributed by atoms with Gasteiger partial charge in [0.2, 0.25) is 5.91 Å². The summed E-state index contributed by atoms with van der Waals surface area (Å²) in [5.74, 6) is 0.295. The maximum absolute atomic E-state index is 11.8. The zero-order valence-corrected chi connectivity index (χ0v) is 9.95. The van der Waals surface area contributed by atoms with Gasteiger partial charge in [0, 0.05) is 25.6 Å². The third kappa shape index (κ3) is 2.13. The van der Waals surface area contributed by atoms with Gasteiger partial charge in [0.05, 0.1) is 5.92 Å². The summed E-state index contributed by atoms with van der Waals surface area (Å²) < 4.78 is 5.28. The van der Waals surface area contributed by atoms with E-state index in [2.05, 4.69) is 5.32 Å². The fourth-order valence-electron chi connectivity index (χ4n) is 2.21. The average Bonchev–Trinajstić information content (AvgIpc) is 2.65. The van der Waals surface area contributed by atoms with Crippen molar-refractivity contribution in [1.29, 1.82) is 0 Å². The minimum atomic E-state index is -0.475. The second kappa shape index (κ2) is 3.64. The van der Waals surface area contributed by atoms with Crippen molar-refractivity contribution >= 4 is 12.0 Å². The molecular weight excluding hydrogens is 208 g/mol. The highest BCUT2D eigenvalue weighted by atomic mass is 16.6. The molecule has 0 radical (unpaired) electrons. The van der Waals surface area contributed by atoms with Gasteiger partial charge in [-0.3, -0.25) is 4.79 Å². The van der Waals surface area contributed by atoms with E-state index in [4.69, 9.17) is 4.74 Å². The smallest absolute Gasteiger partial charge is 0.410 e. The topological polar surface area (TPSA) is 58.6 Å². The van der Waals surface area contributed by atoms with Crippen LogP contribution in [0.2, 0.25) is 0 Å². The summed E-state index contributed by atoms with van der Waals surface area (Å²) in [6, 6.07) is 0. The summed E-state index contributed by atoms with van der Waals surface area (Å²) in [5, 5.41) is 2.81. The summed E-state index contributed by atoms with van der Waals surface area (Å²) in [5.41, 5.74) is -0.475. The molecule has 2 fully saturated rings. The lowest BCUT2D eigenvalue weighted by Gasteiger charge is -2.24. The Labute approximate surface area is 95.1 Å². The van der Waals surface area contributed by atoms with Gasteiger partial charge in [0.1, 0.15) is 5.60 Å².